The van der Waals surface area contributed by atoms with Gasteiger partial charge in [-0.1, -0.05) is 0 Å². The molecule has 1 aromatic carbocycles. The molecule has 2 aromatic rings. The summed E-state index contributed by atoms with van der Waals surface area (Å²) in [5.41, 5.74) is 0. The van der Waals surface area contributed by atoms with Crippen molar-refractivity contribution in [1.82, 2.24) is 20.4 Å². The molecule has 27 heavy (non-hydrogen) atoms. The lowest BCUT2D eigenvalue weighted by molar-refractivity contribution is 0.312. The summed E-state index contributed by atoms with van der Waals surface area (Å²) in [6.07, 6.45) is 5.62. The van der Waals surface area contributed by atoms with E-state index in [2.05, 4.69) is 27.6 Å². The number of nitrogens with zero attached hydrogens (tertiary/aromatic N) is 3. The van der Waals surface area contributed by atoms with Gasteiger partial charge in [0.15, 0.2) is 5.96 Å². The fraction of sp³-hybridized carbons (Fsp3) is 0.474. The van der Waals surface area contributed by atoms with E-state index in [0.29, 0.717) is 13.2 Å². The van der Waals surface area contributed by atoms with Gasteiger partial charge in [-0.3, -0.25) is 9.67 Å². The van der Waals surface area contributed by atoms with Crippen LogP contribution in [0.25, 0.3) is 0 Å². The molecular weight excluding hydrogens is 457 g/mol. The summed E-state index contributed by atoms with van der Waals surface area (Å²) in [5.74, 6) is 2.52. The Morgan fingerprint density at radius 1 is 1.15 bits per heavy atom. The highest BCUT2D eigenvalue weighted by Gasteiger charge is 1.98. The van der Waals surface area contributed by atoms with Gasteiger partial charge >= 0.3 is 0 Å². The number of methoxy groups -OCH3 is 1. The van der Waals surface area contributed by atoms with E-state index in [4.69, 9.17) is 9.47 Å². The molecule has 0 amide bonds. The molecule has 0 fully saturated rings. The molecule has 0 spiro atoms. The molecule has 0 radical (unpaired) electrons. The van der Waals surface area contributed by atoms with E-state index >= 15 is 0 Å². The number of aromatic nitrogens is 2. The minimum atomic E-state index is 0. The average molecular weight is 487 g/mol. The van der Waals surface area contributed by atoms with Crippen LogP contribution in [0.4, 0.5) is 0 Å². The Kier molecular flexibility index (Phi) is 12.1. The first kappa shape index (κ1) is 23.1. The maximum absolute atomic E-state index is 5.71. The van der Waals surface area contributed by atoms with Gasteiger partial charge in [0.1, 0.15) is 11.5 Å². The molecule has 1 aromatic heterocycles. The van der Waals surface area contributed by atoms with Gasteiger partial charge < -0.3 is 20.1 Å². The average Bonchev–Trinajstić information content (AvgIpc) is 3.19. The zero-order valence-corrected chi connectivity index (χ0v) is 18.4. The number of benzene rings is 1. The van der Waals surface area contributed by atoms with Crippen LogP contribution >= 0.6 is 24.0 Å². The third-order valence-corrected chi connectivity index (χ3v) is 3.66. The van der Waals surface area contributed by atoms with E-state index in [1.54, 1.807) is 13.3 Å². The summed E-state index contributed by atoms with van der Waals surface area (Å²) in [6, 6.07) is 9.54. The SMILES string of the molecule is CCNC(=NCCCOc1ccc(OC)cc1)NCCCn1cccn1.I. The highest BCUT2D eigenvalue weighted by atomic mass is 127. The van der Waals surface area contributed by atoms with Gasteiger partial charge in [0.2, 0.25) is 0 Å². The highest BCUT2D eigenvalue weighted by Crippen LogP contribution is 2.16. The number of hydrogen-bond acceptors (Lipinski definition) is 4. The largest absolute Gasteiger partial charge is 0.497 e. The summed E-state index contributed by atoms with van der Waals surface area (Å²) >= 11 is 0. The molecule has 0 aliphatic rings. The summed E-state index contributed by atoms with van der Waals surface area (Å²) in [6.45, 7) is 6.00. The number of hydrogen-bond donors (Lipinski definition) is 2. The summed E-state index contributed by atoms with van der Waals surface area (Å²) in [5, 5.41) is 10.8. The Morgan fingerprint density at radius 3 is 2.59 bits per heavy atom. The maximum Gasteiger partial charge on any atom is 0.191 e. The molecule has 150 valence electrons. The Bertz CT molecular complexity index is 632. The molecule has 0 atom stereocenters. The predicted octanol–water partition coefficient (Wildman–Crippen LogP) is 2.92. The van der Waals surface area contributed by atoms with E-state index in [0.717, 1.165) is 49.9 Å². The Labute approximate surface area is 178 Å². The Balaban J connectivity index is 0.00000364. The van der Waals surface area contributed by atoms with E-state index in [-0.39, 0.29) is 24.0 Å². The van der Waals surface area contributed by atoms with Crippen molar-refractivity contribution in [1.29, 1.82) is 0 Å². The molecule has 0 saturated carbocycles. The third kappa shape index (κ3) is 9.50. The predicted molar refractivity (Wildman–Crippen MR) is 119 cm³/mol. The van der Waals surface area contributed by atoms with Gasteiger partial charge in [0, 0.05) is 45.0 Å². The maximum atomic E-state index is 5.71. The smallest absolute Gasteiger partial charge is 0.191 e. The second kappa shape index (κ2) is 14.1. The molecule has 0 aliphatic carbocycles. The minimum Gasteiger partial charge on any atom is -0.497 e. The quantitative estimate of drug-likeness (QED) is 0.221. The van der Waals surface area contributed by atoms with Crippen LogP contribution in [0.15, 0.2) is 47.7 Å². The van der Waals surface area contributed by atoms with Crippen molar-refractivity contribution in [3.63, 3.8) is 0 Å². The summed E-state index contributed by atoms with van der Waals surface area (Å²) in [7, 11) is 1.65. The van der Waals surface area contributed by atoms with E-state index in [1.165, 1.54) is 0 Å². The molecule has 0 bridgehead atoms. The van der Waals surface area contributed by atoms with Crippen LogP contribution in [0.3, 0.4) is 0 Å². The molecule has 0 saturated heterocycles. The van der Waals surface area contributed by atoms with Crippen molar-refractivity contribution in [2.45, 2.75) is 26.3 Å². The van der Waals surface area contributed by atoms with Gasteiger partial charge in [-0.2, -0.15) is 5.10 Å². The first-order valence-electron chi connectivity index (χ1n) is 9.08. The number of ether oxygens (including phenoxy) is 2. The van der Waals surface area contributed by atoms with E-state index in [9.17, 15) is 0 Å². The lowest BCUT2D eigenvalue weighted by Gasteiger charge is -2.11. The van der Waals surface area contributed by atoms with Gasteiger partial charge in [0.25, 0.3) is 0 Å². The molecule has 2 N–H and O–H groups in total. The van der Waals surface area contributed by atoms with Crippen molar-refractivity contribution in [3.8, 4) is 11.5 Å². The summed E-state index contributed by atoms with van der Waals surface area (Å²) < 4.78 is 12.8. The van der Waals surface area contributed by atoms with Crippen LogP contribution < -0.4 is 20.1 Å². The third-order valence-electron chi connectivity index (χ3n) is 3.66. The second-order valence-corrected chi connectivity index (χ2v) is 5.69. The monoisotopic (exact) mass is 487 g/mol. The minimum absolute atomic E-state index is 0. The number of nitrogens with one attached hydrogen (secondary N) is 2. The molecule has 0 aliphatic heterocycles. The molecule has 2 rings (SSSR count). The topological polar surface area (TPSA) is 72.7 Å². The zero-order valence-electron chi connectivity index (χ0n) is 16.1. The number of rotatable bonds is 11. The van der Waals surface area contributed by atoms with E-state index in [1.807, 2.05) is 41.2 Å². The molecule has 1 heterocycles. The van der Waals surface area contributed by atoms with Crippen LogP contribution in [-0.4, -0.2) is 49.1 Å². The van der Waals surface area contributed by atoms with Gasteiger partial charge in [-0.15, -0.1) is 24.0 Å². The van der Waals surface area contributed by atoms with Crippen molar-refractivity contribution >= 4 is 29.9 Å². The van der Waals surface area contributed by atoms with Gasteiger partial charge in [-0.05, 0) is 43.7 Å². The molecule has 0 unspecified atom stereocenters. The molecule has 7 nitrogen and oxygen atoms in total. The summed E-state index contributed by atoms with van der Waals surface area (Å²) in [4.78, 5) is 4.58. The van der Waals surface area contributed by atoms with Crippen molar-refractivity contribution in [2.24, 2.45) is 4.99 Å². The van der Waals surface area contributed by atoms with Crippen LogP contribution in [-0.2, 0) is 6.54 Å². The van der Waals surface area contributed by atoms with Gasteiger partial charge in [-0.25, -0.2) is 0 Å². The second-order valence-electron chi connectivity index (χ2n) is 5.69. The first-order valence-corrected chi connectivity index (χ1v) is 9.08. The molecule has 8 heteroatoms. The number of guanidine groups is 1. The highest BCUT2D eigenvalue weighted by molar-refractivity contribution is 14.0. The number of halogens is 1. The Morgan fingerprint density at radius 2 is 1.93 bits per heavy atom. The number of aliphatic imine (C=N–C) groups is 1. The first-order chi connectivity index (χ1) is 12.8. The van der Waals surface area contributed by atoms with Crippen LogP contribution in [0.1, 0.15) is 19.8 Å². The normalized spacial score (nSPS) is 10.8. The molecular formula is C19H30IN5O2. The van der Waals surface area contributed by atoms with Crippen LogP contribution in [0.2, 0.25) is 0 Å². The lowest BCUT2D eigenvalue weighted by atomic mass is 10.3. The van der Waals surface area contributed by atoms with Crippen LogP contribution in [0.5, 0.6) is 11.5 Å². The number of aryl methyl sites for hydroxylation is 1. The zero-order chi connectivity index (χ0) is 18.5. The van der Waals surface area contributed by atoms with Crippen molar-refractivity contribution < 1.29 is 9.47 Å². The van der Waals surface area contributed by atoms with Crippen LogP contribution in [0, 0.1) is 0 Å². The Hall–Kier alpha value is -1.97. The van der Waals surface area contributed by atoms with E-state index < -0.39 is 0 Å². The fourth-order valence-corrected chi connectivity index (χ4v) is 2.34. The fourth-order valence-electron chi connectivity index (χ4n) is 2.34. The van der Waals surface area contributed by atoms with Crippen molar-refractivity contribution in [3.05, 3.63) is 42.7 Å². The lowest BCUT2D eigenvalue weighted by Crippen LogP contribution is -2.38. The van der Waals surface area contributed by atoms with Gasteiger partial charge in [0.05, 0.1) is 13.7 Å². The standard InChI is InChI=1S/C19H29N5O2.HI/c1-3-20-19(21-11-4-14-24-15-5-13-23-24)22-12-6-16-26-18-9-7-17(25-2)8-10-18;/h5,7-10,13,15H,3-4,6,11-12,14,16H2,1-2H3,(H2,20,21,22);1H. The van der Waals surface area contributed by atoms with Crippen molar-refractivity contribution in [2.75, 3.05) is 33.4 Å².